The molecule has 1 N–H and O–H groups in total. The van der Waals surface area contributed by atoms with Crippen LogP contribution in [-0.2, 0) is 17.7 Å². The number of ether oxygens (including phenoxy) is 1. The molecule has 0 amide bonds. The van der Waals surface area contributed by atoms with Gasteiger partial charge in [-0.1, -0.05) is 30.3 Å². The molecule has 0 aliphatic carbocycles. The van der Waals surface area contributed by atoms with E-state index in [1.165, 1.54) is 11.1 Å². The number of nitrogens with zero attached hydrogens (tertiary/aromatic N) is 4. The maximum atomic E-state index is 5.84. The highest BCUT2D eigenvalue weighted by Crippen LogP contribution is 2.23. The Morgan fingerprint density at radius 2 is 2.12 bits per heavy atom. The van der Waals surface area contributed by atoms with Gasteiger partial charge in [-0.25, -0.2) is 9.97 Å². The predicted molar refractivity (Wildman–Crippen MR) is 99.3 cm³/mol. The zero-order valence-corrected chi connectivity index (χ0v) is 14.7. The average molecular weight is 349 g/mol. The molecule has 0 saturated carbocycles. The number of benzene rings is 1. The second-order valence-corrected chi connectivity index (χ2v) is 6.72. The highest BCUT2D eigenvalue weighted by molar-refractivity contribution is 5.62. The Hall–Kier alpha value is -2.57. The van der Waals surface area contributed by atoms with Gasteiger partial charge in [0, 0.05) is 43.0 Å². The second-order valence-electron chi connectivity index (χ2n) is 6.72. The molecule has 26 heavy (non-hydrogen) atoms. The lowest BCUT2D eigenvalue weighted by Crippen LogP contribution is -2.30. The third-order valence-electron chi connectivity index (χ3n) is 4.74. The van der Waals surface area contributed by atoms with Crippen molar-refractivity contribution in [1.82, 2.24) is 25.1 Å². The smallest absolute Gasteiger partial charge is 0.115 e. The molecule has 6 nitrogen and oxygen atoms in total. The summed E-state index contributed by atoms with van der Waals surface area (Å²) >= 11 is 0. The molecular weight excluding hydrogens is 326 g/mol. The van der Waals surface area contributed by atoms with Crippen LogP contribution in [0.1, 0.15) is 11.3 Å². The monoisotopic (exact) mass is 349 g/mol. The predicted octanol–water partition coefficient (Wildman–Crippen LogP) is 2.56. The van der Waals surface area contributed by atoms with E-state index in [1.807, 2.05) is 18.3 Å². The normalized spacial score (nSPS) is 18.5. The zero-order valence-electron chi connectivity index (χ0n) is 14.7. The first-order chi connectivity index (χ1) is 12.9. The van der Waals surface area contributed by atoms with Crippen molar-refractivity contribution in [2.24, 2.45) is 5.92 Å². The molecule has 3 aromatic rings. The summed E-state index contributed by atoms with van der Waals surface area (Å²) in [7, 11) is 0. The summed E-state index contributed by atoms with van der Waals surface area (Å²) in [6, 6.07) is 12.3. The summed E-state index contributed by atoms with van der Waals surface area (Å²) in [5.74, 6) is 0.430. The Kier molecular flexibility index (Phi) is 5.33. The van der Waals surface area contributed by atoms with E-state index in [9.17, 15) is 0 Å². The van der Waals surface area contributed by atoms with Crippen molar-refractivity contribution in [1.29, 1.82) is 0 Å². The molecule has 134 valence electrons. The van der Waals surface area contributed by atoms with E-state index in [2.05, 4.69) is 49.3 Å². The number of hydrogen-bond donors (Lipinski definition) is 1. The van der Waals surface area contributed by atoms with Crippen LogP contribution in [0.5, 0.6) is 0 Å². The van der Waals surface area contributed by atoms with Gasteiger partial charge in [-0.15, -0.1) is 0 Å². The fourth-order valence-electron chi connectivity index (χ4n) is 3.48. The van der Waals surface area contributed by atoms with Crippen LogP contribution in [0, 0.1) is 5.92 Å². The van der Waals surface area contributed by atoms with Gasteiger partial charge >= 0.3 is 0 Å². The number of H-pyrrole nitrogens is 1. The van der Waals surface area contributed by atoms with Crippen molar-refractivity contribution in [2.75, 3.05) is 26.3 Å². The molecule has 4 rings (SSSR count). The van der Waals surface area contributed by atoms with Gasteiger partial charge in [-0.2, -0.15) is 5.10 Å². The maximum Gasteiger partial charge on any atom is 0.115 e. The zero-order chi connectivity index (χ0) is 17.6. The number of hydrogen-bond acceptors (Lipinski definition) is 5. The fraction of sp³-hybridized carbons (Fsp3) is 0.350. The summed E-state index contributed by atoms with van der Waals surface area (Å²) in [6.45, 7) is 4.32. The fourth-order valence-corrected chi connectivity index (χ4v) is 3.48. The number of nitrogens with one attached hydrogen (secondary N) is 1. The van der Waals surface area contributed by atoms with Crippen LogP contribution >= 0.6 is 0 Å². The van der Waals surface area contributed by atoms with Crippen LogP contribution < -0.4 is 0 Å². The van der Waals surface area contributed by atoms with Gasteiger partial charge in [0.25, 0.3) is 0 Å². The Morgan fingerprint density at radius 1 is 1.19 bits per heavy atom. The molecule has 0 spiro atoms. The molecule has 0 bridgehead atoms. The Morgan fingerprint density at radius 3 is 2.96 bits per heavy atom. The van der Waals surface area contributed by atoms with Gasteiger partial charge in [0.2, 0.25) is 0 Å². The molecule has 1 fully saturated rings. The van der Waals surface area contributed by atoms with Crippen LogP contribution in [0.4, 0.5) is 0 Å². The maximum absolute atomic E-state index is 5.84. The molecule has 1 atom stereocenters. The van der Waals surface area contributed by atoms with Crippen molar-refractivity contribution in [2.45, 2.75) is 13.0 Å². The quantitative estimate of drug-likeness (QED) is 0.767. The molecule has 6 heteroatoms. The van der Waals surface area contributed by atoms with Crippen molar-refractivity contribution in [3.8, 4) is 11.3 Å². The van der Waals surface area contributed by atoms with Gasteiger partial charge in [0.15, 0.2) is 0 Å². The first-order valence-electron chi connectivity index (χ1n) is 9.01. The van der Waals surface area contributed by atoms with Crippen molar-refractivity contribution >= 4 is 0 Å². The number of aromatic nitrogens is 4. The average Bonchev–Trinajstić information content (AvgIpc) is 3.03. The highest BCUT2D eigenvalue weighted by atomic mass is 16.5. The summed E-state index contributed by atoms with van der Waals surface area (Å²) in [5.41, 5.74) is 4.56. The van der Waals surface area contributed by atoms with Crippen molar-refractivity contribution in [3.63, 3.8) is 0 Å². The molecule has 0 unspecified atom stereocenters. The molecule has 1 aromatic carbocycles. The highest BCUT2D eigenvalue weighted by Gasteiger charge is 2.21. The number of rotatable bonds is 5. The van der Waals surface area contributed by atoms with E-state index in [0.717, 1.165) is 50.7 Å². The molecular formula is C20H23N5O. The van der Waals surface area contributed by atoms with E-state index in [4.69, 9.17) is 4.74 Å². The summed E-state index contributed by atoms with van der Waals surface area (Å²) in [6.07, 6.45) is 6.26. The van der Waals surface area contributed by atoms with Crippen LogP contribution in [0.3, 0.4) is 0 Å². The van der Waals surface area contributed by atoms with E-state index in [1.54, 1.807) is 12.5 Å². The van der Waals surface area contributed by atoms with Crippen molar-refractivity contribution in [3.05, 3.63) is 66.4 Å². The first kappa shape index (κ1) is 16.9. The van der Waals surface area contributed by atoms with E-state index >= 15 is 0 Å². The van der Waals surface area contributed by atoms with Crippen LogP contribution in [0.15, 0.2) is 55.1 Å². The third kappa shape index (κ3) is 4.15. The first-order valence-corrected chi connectivity index (χ1v) is 9.01. The second kappa shape index (κ2) is 8.21. The van der Waals surface area contributed by atoms with Crippen molar-refractivity contribution < 1.29 is 4.74 Å². The summed E-state index contributed by atoms with van der Waals surface area (Å²) in [4.78, 5) is 10.8. The van der Waals surface area contributed by atoms with Gasteiger partial charge < -0.3 is 4.74 Å². The van der Waals surface area contributed by atoms with Gasteiger partial charge in [0.05, 0.1) is 25.1 Å². The molecule has 1 aliphatic rings. The lowest BCUT2D eigenvalue weighted by Gasteiger charge is -2.23. The Labute approximate surface area is 153 Å². The van der Waals surface area contributed by atoms with Gasteiger partial charge in [0.1, 0.15) is 6.33 Å². The SMILES string of the molecule is c1ccc(-c2[nH]ncc2CN2CCOC[C@@H](Cc3ccncn3)C2)cc1. The van der Waals surface area contributed by atoms with E-state index < -0.39 is 0 Å². The summed E-state index contributed by atoms with van der Waals surface area (Å²) < 4.78 is 5.84. The van der Waals surface area contributed by atoms with E-state index in [-0.39, 0.29) is 0 Å². The molecule has 1 saturated heterocycles. The topological polar surface area (TPSA) is 66.9 Å². The minimum atomic E-state index is 0.430. The van der Waals surface area contributed by atoms with E-state index in [0.29, 0.717) is 5.92 Å². The molecule has 3 heterocycles. The van der Waals surface area contributed by atoms with Crippen LogP contribution in [-0.4, -0.2) is 51.4 Å². The standard InChI is InChI=1S/C20H23N5O/c1-2-4-17(5-3-1)20-18(11-23-24-20)13-25-8-9-26-14-16(12-25)10-19-6-7-21-15-22-19/h1-7,11,15-16H,8-10,12-14H2,(H,23,24)/t16-/m0/s1. The lowest BCUT2D eigenvalue weighted by atomic mass is 10.0. The largest absolute Gasteiger partial charge is 0.380 e. The lowest BCUT2D eigenvalue weighted by molar-refractivity contribution is 0.121. The molecule has 0 radical (unpaired) electrons. The Bertz CT molecular complexity index is 805. The summed E-state index contributed by atoms with van der Waals surface area (Å²) in [5, 5.41) is 7.43. The minimum Gasteiger partial charge on any atom is -0.380 e. The van der Waals surface area contributed by atoms with Crippen LogP contribution in [0.25, 0.3) is 11.3 Å². The molecule has 2 aromatic heterocycles. The van der Waals surface area contributed by atoms with Crippen LogP contribution in [0.2, 0.25) is 0 Å². The third-order valence-corrected chi connectivity index (χ3v) is 4.74. The minimum absolute atomic E-state index is 0.430. The number of aromatic amines is 1. The Balaban J connectivity index is 1.45. The van der Waals surface area contributed by atoms with Gasteiger partial charge in [-0.3, -0.25) is 10.00 Å². The van der Waals surface area contributed by atoms with Gasteiger partial charge in [-0.05, 0) is 18.1 Å². The molecule has 1 aliphatic heterocycles.